The molecule has 1 unspecified atom stereocenters. The molecule has 0 heterocycles. The van der Waals surface area contributed by atoms with Gasteiger partial charge in [-0.25, -0.2) is 8.42 Å². The van der Waals surface area contributed by atoms with Crippen LogP contribution in [0.4, 0.5) is 0 Å². The predicted molar refractivity (Wildman–Crippen MR) is 76.3 cm³/mol. The summed E-state index contributed by atoms with van der Waals surface area (Å²) in [4.78, 5) is 0.211. The van der Waals surface area contributed by atoms with Crippen LogP contribution >= 0.6 is 0 Å². The lowest BCUT2D eigenvalue weighted by Gasteiger charge is -2.24. The van der Waals surface area contributed by atoms with Gasteiger partial charge in [0.2, 0.25) is 10.0 Å². The maximum Gasteiger partial charge on any atom is 0.243 e. The van der Waals surface area contributed by atoms with Crippen molar-refractivity contribution in [1.82, 2.24) is 4.31 Å². The second kappa shape index (κ2) is 7.03. The molecule has 1 atom stereocenters. The number of hydrogen-bond acceptors (Lipinski definition) is 3. The monoisotopic (exact) mass is 285 g/mol. The molecule has 0 aromatic heterocycles. The molecule has 5 heteroatoms. The van der Waals surface area contributed by atoms with Crippen molar-refractivity contribution in [3.8, 4) is 0 Å². The number of aliphatic hydroxyl groups is 1. The molecule has 0 aliphatic rings. The van der Waals surface area contributed by atoms with Crippen LogP contribution in [0.5, 0.6) is 0 Å². The molecule has 1 aromatic carbocycles. The fourth-order valence-electron chi connectivity index (χ4n) is 1.90. The third-order valence-electron chi connectivity index (χ3n) is 3.33. The molecule has 0 spiro atoms. The Kier molecular flexibility index (Phi) is 5.97. The Morgan fingerprint density at radius 3 is 2.42 bits per heavy atom. The summed E-state index contributed by atoms with van der Waals surface area (Å²) in [5.74, 6) is 0.316. The van der Waals surface area contributed by atoms with Crippen molar-refractivity contribution in [2.45, 2.75) is 38.7 Å². The second-order valence-electron chi connectivity index (χ2n) is 4.73. The van der Waals surface area contributed by atoms with Crippen LogP contribution in [-0.4, -0.2) is 30.9 Å². The number of benzene rings is 1. The van der Waals surface area contributed by atoms with E-state index in [0.717, 1.165) is 6.42 Å². The van der Waals surface area contributed by atoms with E-state index in [9.17, 15) is 13.5 Å². The number of nitrogens with zero attached hydrogens (tertiary/aromatic N) is 1. The summed E-state index contributed by atoms with van der Waals surface area (Å²) < 4.78 is 26.7. The van der Waals surface area contributed by atoms with Gasteiger partial charge in [-0.3, -0.25) is 0 Å². The van der Waals surface area contributed by atoms with Crippen molar-refractivity contribution < 1.29 is 13.5 Å². The highest BCUT2D eigenvalue weighted by Gasteiger charge is 2.26. The third-order valence-corrected chi connectivity index (χ3v) is 5.37. The van der Waals surface area contributed by atoms with Gasteiger partial charge in [0.1, 0.15) is 0 Å². The van der Waals surface area contributed by atoms with Gasteiger partial charge in [-0.2, -0.15) is 4.31 Å². The second-order valence-corrected chi connectivity index (χ2v) is 6.64. The minimum atomic E-state index is -3.53. The Bertz CT molecular complexity index is 499. The van der Waals surface area contributed by atoms with Crippen LogP contribution in [0, 0.1) is 5.92 Å². The van der Waals surface area contributed by atoms with Crippen LogP contribution in [-0.2, 0) is 16.6 Å². The molecule has 0 aliphatic carbocycles. The van der Waals surface area contributed by atoms with Crippen molar-refractivity contribution >= 4 is 10.0 Å². The summed E-state index contributed by atoms with van der Waals surface area (Å²) in [5.41, 5.74) is 0.449. The van der Waals surface area contributed by atoms with Gasteiger partial charge in [0, 0.05) is 13.1 Å². The Labute approximate surface area is 116 Å². The van der Waals surface area contributed by atoms with Gasteiger partial charge >= 0.3 is 0 Å². The first-order valence-electron chi connectivity index (χ1n) is 6.66. The molecule has 1 aromatic rings. The number of aliphatic hydroxyl groups excluding tert-OH is 1. The lowest BCUT2D eigenvalue weighted by molar-refractivity contribution is 0.277. The molecular weight excluding hydrogens is 262 g/mol. The van der Waals surface area contributed by atoms with E-state index in [0.29, 0.717) is 24.6 Å². The molecule has 0 amide bonds. The van der Waals surface area contributed by atoms with Crippen LogP contribution in [0.3, 0.4) is 0 Å². The van der Waals surface area contributed by atoms with E-state index < -0.39 is 10.0 Å². The highest BCUT2D eigenvalue weighted by atomic mass is 32.2. The first-order valence-corrected chi connectivity index (χ1v) is 8.10. The van der Waals surface area contributed by atoms with Gasteiger partial charge in [0.15, 0.2) is 0 Å². The van der Waals surface area contributed by atoms with Gasteiger partial charge in [0.05, 0.1) is 11.5 Å². The lowest BCUT2D eigenvalue weighted by Crippen LogP contribution is -2.35. The van der Waals surface area contributed by atoms with Crippen molar-refractivity contribution in [3.63, 3.8) is 0 Å². The zero-order chi connectivity index (χ0) is 14.5. The largest absolute Gasteiger partial charge is 0.392 e. The minimum Gasteiger partial charge on any atom is -0.392 e. The van der Waals surface area contributed by atoms with Crippen molar-refractivity contribution in [2.75, 3.05) is 13.1 Å². The van der Waals surface area contributed by atoms with E-state index >= 15 is 0 Å². The van der Waals surface area contributed by atoms with E-state index in [-0.39, 0.29) is 11.5 Å². The third kappa shape index (κ3) is 3.78. The zero-order valence-corrected chi connectivity index (χ0v) is 12.7. The molecule has 108 valence electrons. The number of rotatable bonds is 7. The van der Waals surface area contributed by atoms with Crippen LogP contribution in [0.15, 0.2) is 29.2 Å². The van der Waals surface area contributed by atoms with Gasteiger partial charge in [0.25, 0.3) is 0 Å². The first kappa shape index (κ1) is 16.1. The zero-order valence-electron chi connectivity index (χ0n) is 11.8. The van der Waals surface area contributed by atoms with Crippen LogP contribution in [0.1, 0.15) is 32.8 Å². The molecular formula is C14H23NO3S. The summed E-state index contributed by atoms with van der Waals surface area (Å²) >= 11 is 0. The maximum atomic E-state index is 12.6. The Morgan fingerprint density at radius 1 is 1.26 bits per heavy atom. The summed E-state index contributed by atoms with van der Waals surface area (Å²) in [5, 5.41) is 9.28. The van der Waals surface area contributed by atoms with Gasteiger partial charge in [-0.1, -0.05) is 45.4 Å². The standard InChI is InChI=1S/C14H23NO3S/c1-4-12(3)10-15(5-2)19(17,18)14-9-7-6-8-13(14)11-16/h6-9,12,16H,4-5,10-11H2,1-3H3. The van der Waals surface area contributed by atoms with E-state index in [2.05, 4.69) is 0 Å². The number of sulfonamides is 1. The summed E-state index contributed by atoms with van der Waals surface area (Å²) in [6.45, 7) is 6.60. The van der Waals surface area contributed by atoms with Crippen molar-refractivity contribution in [3.05, 3.63) is 29.8 Å². The van der Waals surface area contributed by atoms with Crippen LogP contribution in [0.25, 0.3) is 0 Å². The number of hydrogen-bond donors (Lipinski definition) is 1. The quantitative estimate of drug-likeness (QED) is 0.836. The molecule has 1 rings (SSSR count). The van der Waals surface area contributed by atoms with E-state index in [1.165, 1.54) is 4.31 Å². The Balaban J connectivity index is 3.13. The maximum absolute atomic E-state index is 12.6. The van der Waals surface area contributed by atoms with Crippen LogP contribution in [0.2, 0.25) is 0 Å². The van der Waals surface area contributed by atoms with Gasteiger partial charge < -0.3 is 5.11 Å². The predicted octanol–water partition coefficient (Wildman–Crippen LogP) is 2.24. The molecule has 1 N–H and O–H groups in total. The van der Waals surface area contributed by atoms with Crippen molar-refractivity contribution in [2.24, 2.45) is 5.92 Å². The first-order chi connectivity index (χ1) is 8.97. The van der Waals surface area contributed by atoms with Crippen molar-refractivity contribution in [1.29, 1.82) is 0 Å². The summed E-state index contributed by atoms with van der Waals surface area (Å²) in [6, 6.07) is 6.61. The lowest BCUT2D eigenvalue weighted by atomic mass is 10.1. The molecule has 0 saturated carbocycles. The molecule has 0 radical (unpaired) electrons. The summed E-state index contributed by atoms with van der Waals surface area (Å²) in [6.07, 6.45) is 0.938. The molecule has 19 heavy (non-hydrogen) atoms. The van der Waals surface area contributed by atoms with Gasteiger partial charge in [-0.05, 0) is 17.5 Å². The minimum absolute atomic E-state index is 0.211. The Morgan fingerprint density at radius 2 is 1.89 bits per heavy atom. The molecule has 0 aliphatic heterocycles. The Hall–Kier alpha value is -0.910. The molecule has 0 bridgehead atoms. The fraction of sp³-hybridized carbons (Fsp3) is 0.571. The van der Waals surface area contributed by atoms with E-state index in [4.69, 9.17) is 0 Å². The normalized spacial score (nSPS) is 13.7. The van der Waals surface area contributed by atoms with E-state index in [1.807, 2.05) is 20.8 Å². The topological polar surface area (TPSA) is 57.6 Å². The smallest absolute Gasteiger partial charge is 0.243 e. The average Bonchev–Trinajstić information content (AvgIpc) is 2.43. The molecule has 0 saturated heterocycles. The highest BCUT2D eigenvalue weighted by Crippen LogP contribution is 2.21. The van der Waals surface area contributed by atoms with Crippen LogP contribution < -0.4 is 0 Å². The molecule has 4 nitrogen and oxygen atoms in total. The SMILES string of the molecule is CCC(C)CN(CC)S(=O)(=O)c1ccccc1CO. The summed E-state index contributed by atoms with van der Waals surface area (Å²) in [7, 11) is -3.53. The fourth-order valence-corrected chi connectivity index (χ4v) is 3.68. The highest BCUT2D eigenvalue weighted by molar-refractivity contribution is 7.89. The molecule has 0 fully saturated rings. The van der Waals surface area contributed by atoms with E-state index in [1.54, 1.807) is 24.3 Å². The van der Waals surface area contributed by atoms with Gasteiger partial charge in [-0.15, -0.1) is 0 Å². The average molecular weight is 285 g/mol.